The number of rotatable bonds is 10. The molecule has 10 aromatic rings. The minimum Gasteiger partial charge on any atom is -0.307 e. The molecule has 312 valence electrons. The topological polar surface area (TPSA) is 57.4 Å². The van der Waals surface area contributed by atoms with Crippen molar-refractivity contribution in [1.82, 2.24) is 9.13 Å². The van der Waals surface area contributed by atoms with E-state index >= 15 is 0 Å². The Hall–Kier alpha value is -8.96. The average Bonchev–Trinajstić information content (AvgIpc) is 3.88. The maximum absolute atomic E-state index is 11.2. The Morgan fingerprint density at radius 1 is 0.394 bits per heavy atom. The largest absolute Gasteiger partial charge is 0.307 e. The molecule has 66 heavy (non-hydrogen) atoms. The van der Waals surface area contributed by atoms with E-state index in [0.29, 0.717) is 22.5 Å². The summed E-state index contributed by atoms with van der Waals surface area (Å²) in [6.07, 6.45) is 3.75. The van der Waals surface area contributed by atoms with Crippen molar-refractivity contribution in [2.45, 2.75) is 13.8 Å². The fraction of sp³-hybridized carbons (Fsp3) is 0.0323. The van der Waals surface area contributed by atoms with Gasteiger partial charge in [0.25, 0.3) is 0 Å². The predicted molar refractivity (Wildman–Crippen MR) is 277 cm³/mol. The van der Waals surface area contributed by atoms with E-state index in [1.54, 1.807) is 6.92 Å². The van der Waals surface area contributed by atoms with Gasteiger partial charge in [-0.25, -0.2) is 0 Å². The van der Waals surface area contributed by atoms with E-state index in [1.165, 1.54) is 0 Å². The molecule has 4 nitrogen and oxygen atoms in total. The van der Waals surface area contributed by atoms with Crippen LogP contribution in [0.2, 0.25) is 0 Å². The van der Waals surface area contributed by atoms with Crippen LogP contribution in [0.4, 0.5) is 0 Å². The Morgan fingerprint density at radius 3 is 1.02 bits per heavy atom. The summed E-state index contributed by atoms with van der Waals surface area (Å²) in [4.78, 5) is 0. The second kappa shape index (κ2) is 17.3. The number of aromatic nitrogens is 2. The third kappa shape index (κ3) is 7.33. The number of nitrogens with zero attached hydrogens (tertiary/aromatic N) is 4. The molecule has 2 aromatic heterocycles. The molecule has 4 heteroatoms. The first-order chi connectivity index (χ1) is 32.3. The van der Waals surface area contributed by atoms with Gasteiger partial charge < -0.3 is 9.13 Å². The second-order valence-electron chi connectivity index (χ2n) is 16.6. The minimum absolute atomic E-state index is 0.276. The Labute approximate surface area is 385 Å². The smallest absolute Gasteiger partial charge is 0.101 e. The number of fused-ring (bicyclic) bond motifs is 6. The Kier molecular flexibility index (Phi) is 10.8. The molecule has 0 aliphatic rings. The van der Waals surface area contributed by atoms with Crippen LogP contribution < -0.4 is 0 Å². The zero-order chi connectivity index (χ0) is 45.3. The quantitative estimate of drug-likeness (QED) is 0.102. The molecule has 0 radical (unpaired) electrons. The Morgan fingerprint density at radius 2 is 0.712 bits per heavy atom. The number of benzene rings is 8. The molecule has 0 aliphatic heterocycles. The molecule has 8 aromatic carbocycles. The number of hydrogen-bond acceptors (Lipinski definition) is 2. The highest BCUT2D eigenvalue weighted by molar-refractivity contribution is 6.18. The van der Waals surface area contributed by atoms with E-state index < -0.39 is 0 Å². The van der Waals surface area contributed by atoms with Crippen LogP contribution in [0.1, 0.15) is 13.8 Å². The molecule has 0 unspecified atom stereocenters. The van der Waals surface area contributed by atoms with Gasteiger partial charge >= 0.3 is 0 Å². The number of hydrogen-bond donors (Lipinski definition) is 0. The zero-order valence-corrected chi connectivity index (χ0v) is 36.8. The molecule has 0 aliphatic carbocycles. The molecule has 0 saturated heterocycles. The van der Waals surface area contributed by atoms with Crippen molar-refractivity contribution in [3.8, 4) is 56.6 Å². The molecular weight excluding hydrogens is 801 g/mol. The van der Waals surface area contributed by atoms with Crippen molar-refractivity contribution in [3.63, 3.8) is 0 Å². The lowest BCUT2D eigenvalue weighted by Crippen LogP contribution is -2.10. The van der Waals surface area contributed by atoms with Gasteiger partial charge in [-0.3, -0.25) is 0 Å². The molecule has 0 saturated carbocycles. The molecular formula is C62H44N4. The zero-order valence-electron chi connectivity index (χ0n) is 36.8. The van der Waals surface area contributed by atoms with Gasteiger partial charge in [0.2, 0.25) is 0 Å². The highest BCUT2D eigenvalue weighted by atomic mass is 15.1. The molecule has 0 amide bonds. The predicted octanol–water partition coefficient (Wildman–Crippen LogP) is 16.4. The van der Waals surface area contributed by atoms with Gasteiger partial charge in [0.1, 0.15) is 6.07 Å². The minimum atomic E-state index is 0.276. The lowest BCUT2D eigenvalue weighted by Gasteiger charge is -2.23. The monoisotopic (exact) mass is 844 g/mol. The molecule has 0 N–H and O–H groups in total. The van der Waals surface area contributed by atoms with Gasteiger partial charge in [0, 0.05) is 27.1 Å². The van der Waals surface area contributed by atoms with E-state index in [9.17, 15) is 10.5 Å². The van der Waals surface area contributed by atoms with E-state index in [0.717, 1.165) is 93.7 Å². The van der Waals surface area contributed by atoms with Crippen LogP contribution in [0, 0.1) is 22.7 Å². The van der Waals surface area contributed by atoms with Crippen LogP contribution in [-0.2, 0) is 0 Å². The summed E-state index contributed by atoms with van der Waals surface area (Å²) in [6.45, 7) is 13.2. The maximum atomic E-state index is 11.2. The van der Waals surface area contributed by atoms with Gasteiger partial charge in [-0.05, 0) is 124 Å². The van der Waals surface area contributed by atoms with Crippen molar-refractivity contribution < 1.29 is 0 Å². The lowest BCUT2D eigenvalue weighted by molar-refractivity contribution is 1.15. The van der Waals surface area contributed by atoms with Crippen LogP contribution in [0.5, 0.6) is 0 Å². The molecule has 2 heterocycles. The summed E-state index contributed by atoms with van der Waals surface area (Å²) in [5, 5.41) is 25.1. The summed E-state index contributed by atoms with van der Waals surface area (Å²) in [7, 11) is 0. The van der Waals surface area contributed by atoms with Crippen LogP contribution in [0.15, 0.2) is 242 Å². The van der Waals surface area contributed by atoms with Crippen molar-refractivity contribution in [2.24, 2.45) is 0 Å². The highest BCUT2D eigenvalue weighted by Gasteiger charge is 2.27. The van der Waals surface area contributed by atoms with E-state index in [-0.39, 0.29) is 5.57 Å². The fourth-order valence-corrected chi connectivity index (χ4v) is 9.16. The van der Waals surface area contributed by atoms with Crippen molar-refractivity contribution >= 4 is 55.0 Å². The number of allylic oxidation sites excluding steroid dienone is 8. The Bertz CT molecular complexity index is 3540. The second-order valence-corrected chi connectivity index (χ2v) is 16.6. The number of nitriles is 2. The molecule has 0 spiro atoms. The third-order valence-electron chi connectivity index (χ3n) is 12.6. The summed E-state index contributed by atoms with van der Waals surface area (Å²) < 4.78 is 4.47. The standard InChI is InChI=1S/C62H44N4/c1-41(39-63)25-26-42(2)44(4)62(66-59-33-29-51(47-21-13-7-14-22-47)37-55(59)56-38-52(30-34-60(56)66)48-23-15-8-16-24-48)61(43(3)40-64)65-57-31-27-49(45-17-9-5-10-18-45)35-53(57)54-36-50(28-32-58(54)65)46-19-11-6-12-20-46/h5-38H,3-4H2,1-2H3. The van der Waals surface area contributed by atoms with E-state index in [1.807, 2.05) is 43.3 Å². The maximum Gasteiger partial charge on any atom is 0.101 e. The normalized spacial score (nSPS) is 12.3. The molecule has 0 bridgehead atoms. The summed E-state index contributed by atoms with van der Waals surface area (Å²) >= 11 is 0. The summed E-state index contributed by atoms with van der Waals surface area (Å²) in [5.74, 6) is 0. The highest BCUT2D eigenvalue weighted by Crippen LogP contribution is 2.45. The van der Waals surface area contributed by atoms with Crippen LogP contribution >= 0.6 is 0 Å². The first kappa shape index (κ1) is 41.1. The van der Waals surface area contributed by atoms with Gasteiger partial charge in [-0.2, -0.15) is 10.5 Å². The fourth-order valence-electron chi connectivity index (χ4n) is 9.16. The SMILES string of the molecule is C=C(C#N)C(=C(C(=C)C(C)=CC=C(C)C#N)n1c2ccc(-c3ccccc3)cc2c2cc(-c3ccccc3)ccc21)n1c2ccc(-c3ccccc3)cc2c2cc(-c3ccccc3)ccc21. The summed E-state index contributed by atoms with van der Waals surface area (Å²) in [5.41, 5.74) is 16.2. The molecule has 0 atom stereocenters. The van der Waals surface area contributed by atoms with E-state index in [2.05, 4.69) is 198 Å². The van der Waals surface area contributed by atoms with Crippen LogP contribution in [-0.4, -0.2) is 9.13 Å². The third-order valence-corrected chi connectivity index (χ3v) is 12.6. The summed E-state index contributed by atoms with van der Waals surface area (Å²) in [6, 6.07) is 72.9. The lowest BCUT2D eigenvalue weighted by atomic mass is 9.99. The van der Waals surface area contributed by atoms with Crippen molar-refractivity contribution in [2.75, 3.05) is 0 Å². The van der Waals surface area contributed by atoms with Crippen LogP contribution in [0.25, 0.3) is 99.5 Å². The van der Waals surface area contributed by atoms with Gasteiger partial charge in [-0.15, -0.1) is 0 Å². The Balaban J connectivity index is 1.36. The van der Waals surface area contributed by atoms with Crippen molar-refractivity contribution in [3.05, 3.63) is 242 Å². The van der Waals surface area contributed by atoms with Gasteiger partial charge in [0.15, 0.2) is 0 Å². The first-order valence-electron chi connectivity index (χ1n) is 22.0. The van der Waals surface area contributed by atoms with E-state index in [4.69, 9.17) is 6.58 Å². The molecule has 0 fully saturated rings. The first-order valence-corrected chi connectivity index (χ1v) is 22.0. The van der Waals surface area contributed by atoms with Gasteiger partial charge in [0.05, 0.1) is 45.1 Å². The van der Waals surface area contributed by atoms with Gasteiger partial charge in [-0.1, -0.05) is 165 Å². The molecule has 10 rings (SSSR count). The average molecular weight is 845 g/mol. The van der Waals surface area contributed by atoms with Crippen molar-refractivity contribution in [1.29, 1.82) is 10.5 Å². The van der Waals surface area contributed by atoms with Crippen LogP contribution in [0.3, 0.4) is 0 Å².